The Bertz CT molecular complexity index is 441. The maximum absolute atomic E-state index is 12.7. The van der Waals surface area contributed by atoms with Crippen molar-refractivity contribution in [3.8, 4) is 0 Å². The average Bonchev–Trinajstić information content (AvgIpc) is 2.61. The maximum atomic E-state index is 12.7. The summed E-state index contributed by atoms with van der Waals surface area (Å²) in [6, 6.07) is 5.72. The summed E-state index contributed by atoms with van der Waals surface area (Å²) < 4.78 is 12.7. The lowest BCUT2D eigenvalue weighted by atomic mass is 9.94. The van der Waals surface area contributed by atoms with Gasteiger partial charge in [-0.1, -0.05) is 24.2 Å². The van der Waals surface area contributed by atoms with Crippen molar-refractivity contribution in [2.75, 3.05) is 0 Å². The Hall–Kier alpha value is -1.91. The number of aliphatic carboxylic acids is 1. The third kappa shape index (κ3) is 1.76. The molecule has 16 heavy (non-hydrogen) atoms. The van der Waals surface area contributed by atoms with Gasteiger partial charge >= 0.3 is 5.97 Å². The van der Waals surface area contributed by atoms with Gasteiger partial charge in [-0.3, -0.25) is 0 Å². The number of nitrogens with zero attached hydrogens (tertiary/aromatic N) is 1. The lowest BCUT2D eigenvalue weighted by molar-refractivity contribution is -0.150. The summed E-state index contributed by atoms with van der Waals surface area (Å²) in [5.74, 6) is -1.73. The van der Waals surface area contributed by atoms with Crippen molar-refractivity contribution < 1.29 is 19.1 Å². The molecular weight excluding hydrogens is 213 g/mol. The van der Waals surface area contributed by atoms with Crippen molar-refractivity contribution in [3.05, 3.63) is 35.6 Å². The molecule has 1 aromatic rings. The highest BCUT2D eigenvalue weighted by Crippen LogP contribution is 2.23. The second-order valence-electron chi connectivity index (χ2n) is 3.64. The number of rotatable bonds is 2. The Labute approximate surface area is 91.3 Å². The molecule has 0 saturated heterocycles. The number of carboxylic acid groups (broad SMARTS) is 1. The van der Waals surface area contributed by atoms with Crippen molar-refractivity contribution in [1.29, 1.82) is 0 Å². The number of benzene rings is 1. The standard InChI is InChI=1S/C11H10FNO3/c1-6-9(13-16-10(6)11(14)15)7-2-4-8(12)5-3-7/h2-6,10H,1H3,(H,14,15)/t6-,10+/m1/s1. The third-order valence-corrected chi connectivity index (χ3v) is 2.53. The van der Waals surface area contributed by atoms with E-state index in [1.165, 1.54) is 12.1 Å². The molecular formula is C11H10FNO3. The molecule has 0 unspecified atom stereocenters. The van der Waals surface area contributed by atoms with E-state index in [0.29, 0.717) is 11.3 Å². The second-order valence-corrected chi connectivity index (χ2v) is 3.64. The molecule has 0 bridgehead atoms. The summed E-state index contributed by atoms with van der Waals surface area (Å²) in [5, 5.41) is 12.6. The van der Waals surface area contributed by atoms with Gasteiger partial charge in [0, 0.05) is 0 Å². The van der Waals surface area contributed by atoms with Gasteiger partial charge in [-0.2, -0.15) is 0 Å². The van der Waals surface area contributed by atoms with Crippen LogP contribution in [0.1, 0.15) is 12.5 Å². The predicted octanol–water partition coefficient (Wildman–Crippen LogP) is 1.65. The van der Waals surface area contributed by atoms with Gasteiger partial charge < -0.3 is 9.94 Å². The summed E-state index contributed by atoms with van der Waals surface area (Å²) in [5.41, 5.74) is 1.21. The Morgan fingerprint density at radius 3 is 2.56 bits per heavy atom. The van der Waals surface area contributed by atoms with E-state index in [1.807, 2.05) is 0 Å². The van der Waals surface area contributed by atoms with Crippen molar-refractivity contribution in [3.63, 3.8) is 0 Å². The quantitative estimate of drug-likeness (QED) is 0.829. The van der Waals surface area contributed by atoms with Crippen LogP contribution in [-0.2, 0) is 9.63 Å². The zero-order valence-corrected chi connectivity index (χ0v) is 8.55. The summed E-state index contributed by atoms with van der Waals surface area (Å²) in [6.45, 7) is 1.72. The van der Waals surface area contributed by atoms with Crippen LogP contribution >= 0.6 is 0 Å². The van der Waals surface area contributed by atoms with Crippen LogP contribution in [0.25, 0.3) is 0 Å². The molecule has 0 spiro atoms. The van der Waals surface area contributed by atoms with Crippen LogP contribution in [0.3, 0.4) is 0 Å². The summed E-state index contributed by atoms with van der Waals surface area (Å²) in [7, 11) is 0. The first kappa shape index (κ1) is 10.6. The second kappa shape index (κ2) is 3.92. The first-order valence-corrected chi connectivity index (χ1v) is 4.82. The highest BCUT2D eigenvalue weighted by molar-refractivity contribution is 6.04. The summed E-state index contributed by atoms with van der Waals surface area (Å²) in [6.07, 6.45) is -0.958. The SMILES string of the molecule is C[C@@H]1C(c2ccc(F)cc2)=NO[C@@H]1C(=O)O. The lowest BCUT2D eigenvalue weighted by Crippen LogP contribution is -2.29. The maximum Gasteiger partial charge on any atom is 0.348 e. The molecule has 0 aromatic heterocycles. The summed E-state index contributed by atoms with van der Waals surface area (Å²) >= 11 is 0. The monoisotopic (exact) mass is 223 g/mol. The molecule has 4 nitrogen and oxygen atoms in total. The highest BCUT2D eigenvalue weighted by atomic mass is 19.1. The van der Waals surface area contributed by atoms with Crippen molar-refractivity contribution in [1.82, 2.24) is 0 Å². The topological polar surface area (TPSA) is 58.9 Å². The minimum Gasteiger partial charge on any atom is -0.478 e. The van der Waals surface area contributed by atoms with Crippen LogP contribution in [0.15, 0.2) is 29.4 Å². The molecule has 1 aliphatic rings. The van der Waals surface area contributed by atoms with E-state index >= 15 is 0 Å². The molecule has 0 fully saturated rings. The van der Waals surface area contributed by atoms with E-state index in [0.717, 1.165) is 0 Å². The van der Waals surface area contributed by atoms with Crippen LogP contribution in [0.4, 0.5) is 4.39 Å². The first-order chi connectivity index (χ1) is 7.59. The molecule has 1 heterocycles. The van der Waals surface area contributed by atoms with E-state index < -0.39 is 12.1 Å². The molecule has 84 valence electrons. The fourth-order valence-corrected chi connectivity index (χ4v) is 1.63. The largest absolute Gasteiger partial charge is 0.478 e. The number of oxime groups is 1. The minimum absolute atomic E-state index is 0.342. The zero-order valence-electron chi connectivity index (χ0n) is 8.55. The first-order valence-electron chi connectivity index (χ1n) is 4.82. The Kier molecular flexibility index (Phi) is 2.60. The van der Waals surface area contributed by atoms with Gasteiger partial charge in [-0.25, -0.2) is 9.18 Å². The molecule has 2 rings (SSSR count). The van der Waals surface area contributed by atoms with E-state index in [-0.39, 0.29) is 11.7 Å². The number of hydrogen-bond acceptors (Lipinski definition) is 3. The van der Waals surface area contributed by atoms with E-state index in [2.05, 4.69) is 5.16 Å². The lowest BCUT2D eigenvalue weighted by Gasteiger charge is -2.09. The molecule has 5 heteroatoms. The van der Waals surface area contributed by atoms with E-state index in [1.54, 1.807) is 19.1 Å². The van der Waals surface area contributed by atoms with Gasteiger partial charge in [0.15, 0.2) is 0 Å². The summed E-state index contributed by atoms with van der Waals surface area (Å²) in [4.78, 5) is 15.6. The van der Waals surface area contributed by atoms with Crippen molar-refractivity contribution in [2.24, 2.45) is 11.1 Å². The molecule has 2 atom stereocenters. The Balaban J connectivity index is 2.24. The number of hydrogen-bond donors (Lipinski definition) is 1. The number of carboxylic acids is 1. The van der Waals surface area contributed by atoms with Gasteiger partial charge in [0.05, 0.1) is 11.6 Å². The molecule has 0 aliphatic carbocycles. The van der Waals surface area contributed by atoms with Gasteiger partial charge in [0.1, 0.15) is 5.82 Å². The smallest absolute Gasteiger partial charge is 0.348 e. The Morgan fingerprint density at radius 2 is 2.06 bits per heavy atom. The fraction of sp³-hybridized carbons (Fsp3) is 0.273. The van der Waals surface area contributed by atoms with Crippen LogP contribution < -0.4 is 0 Å². The molecule has 1 aliphatic heterocycles. The normalized spacial score (nSPS) is 23.8. The van der Waals surface area contributed by atoms with Gasteiger partial charge in [0.2, 0.25) is 6.10 Å². The highest BCUT2D eigenvalue weighted by Gasteiger charge is 2.36. The predicted molar refractivity (Wildman–Crippen MR) is 54.6 cm³/mol. The fourth-order valence-electron chi connectivity index (χ4n) is 1.63. The number of carbonyl (C=O) groups is 1. The van der Waals surface area contributed by atoms with Crippen LogP contribution in [0, 0.1) is 11.7 Å². The molecule has 0 radical (unpaired) electrons. The van der Waals surface area contributed by atoms with E-state index in [9.17, 15) is 9.18 Å². The van der Waals surface area contributed by atoms with Crippen LogP contribution in [0.5, 0.6) is 0 Å². The Morgan fingerprint density at radius 1 is 1.44 bits per heavy atom. The molecule has 0 amide bonds. The zero-order chi connectivity index (χ0) is 11.7. The average molecular weight is 223 g/mol. The molecule has 1 aromatic carbocycles. The van der Waals surface area contributed by atoms with Crippen molar-refractivity contribution >= 4 is 11.7 Å². The van der Waals surface area contributed by atoms with Gasteiger partial charge in [-0.05, 0) is 17.7 Å². The van der Waals surface area contributed by atoms with Crippen molar-refractivity contribution in [2.45, 2.75) is 13.0 Å². The van der Waals surface area contributed by atoms with Gasteiger partial charge in [0.25, 0.3) is 0 Å². The van der Waals surface area contributed by atoms with Gasteiger partial charge in [-0.15, -0.1) is 0 Å². The van der Waals surface area contributed by atoms with E-state index in [4.69, 9.17) is 9.94 Å². The van der Waals surface area contributed by atoms with Crippen LogP contribution in [-0.4, -0.2) is 22.9 Å². The molecule has 1 N–H and O–H groups in total. The minimum atomic E-state index is -1.05. The molecule has 0 saturated carbocycles. The van der Waals surface area contributed by atoms with Crippen LogP contribution in [0.2, 0.25) is 0 Å². The third-order valence-electron chi connectivity index (χ3n) is 2.53. The number of halogens is 1.